The molecule has 0 aliphatic heterocycles. The van der Waals surface area contributed by atoms with E-state index in [-0.39, 0.29) is 36.7 Å². The van der Waals surface area contributed by atoms with Crippen LogP contribution in [-0.2, 0) is 16.1 Å². The van der Waals surface area contributed by atoms with Crippen LogP contribution >= 0.6 is 0 Å². The zero-order valence-corrected chi connectivity index (χ0v) is 19.7. The van der Waals surface area contributed by atoms with Crippen molar-refractivity contribution in [3.63, 3.8) is 0 Å². The van der Waals surface area contributed by atoms with Crippen LogP contribution in [0.3, 0.4) is 0 Å². The van der Waals surface area contributed by atoms with Crippen molar-refractivity contribution in [3.8, 4) is 0 Å². The van der Waals surface area contributed by atoms with Crippen LogP contribution < -0.4 is 10.6 Å². The molecule has 0 spiro atoms. The van der Waals surface area contributed by atoms with Crippen LogP contribution in [0.2, 0.25) is 0 Å². The van der Waals surface area contributed by atoms with Crippen molar-refractivity contribution >= 4 is 17.7 Å². The number of furan rings is 1. The summed E-state index contributed by atoms with van der Waals surface area (Å²) in [6, 6.07) is 21.3. The number of amides is 3. The SMILES string of the molecule is O=C(NCC(=O)N(Cc1ccccc1)[C@@H](C(=O)NC1CCCCC1)c1ccccc1)c1ccco1. The second kappa shape index (κ2) is 12.0. The van der Waals surface area contributed by atoms with Gasteiger partial charge in [-0.05, 0) is 36.1 Å². The largest absolute Gasteiger partial charge is 0.459 e. The predicted molar refractivity (Wildman–Crippen MR) is 132 cm³/mol. The van der Waals surface area contributed by atoms with Crippen molar-refractivity contribution in [1.82, 2.24) is 15.5 Å². The van der Waals surface area contributed by atoms with Crippen molar-refractivity contribution in [2.24, 2.45) is 0 Å². The predicted octanol–water partition coefficient (Wildman–Crippen LogP) is 4.23. The molecular weight excluding hydrogens is 442 g/mol. The van der Waals surface area contributed by atoms with Gasteiger partial charge in [-0.15, -0.1) is 0 Å². The molecule has 3 amide bonds. The van der Waals surface area contributed by atoms with Gasteiger partial charge < -0.3 is 20.0 Å². The smallest absolute Gasteiger partial charge is 0.287 e. The topological polar surface area (TPSA) is 91.7 Å². The highest BCUT2D eigenvalue weighted by Crippen LogP contribution is 2.25. The average Bonchev–Trinajstić information content (AvgIpc) is 3.44. The van der Waals surface area contributed by atoms with Crippen molar-refractivity contribution in [2.45, 2.75) is 50.7 Å². The molecule has 1 atom stereocenters. The molecule has 1 aromatic heterocycles. The third-order valence-corrected chi connectivity index (χ3v) is 6.29. The number of nitrogens with zero attached hydrogens (tertiary/aromatic N) is 1. The van der Waals surface area contributed by atoms with Crippen LogP contribution in [0.4, 0.5) is 0 Å². The molecule has 1 saturated carbocycles. The zero-order valence-electron chi connectivity index (χ0n) is 19.7. The molecule has 0 bridgehead atoms. The van der Waals surface area contributed by atoms with Gasteiger partial charge in [-0.25, -0.2) is 0 Å². The molecule has 7 nitrogen and oxygen atoms in total. The monoisotopic (exact) mass is 473 g/mol. The fourth-order valence-electron chi connectivity index (χ4n) is 4.49. The van der Waals surface area contributed by atoms with E-state index in [0.717, 1.165) is 36.8 Å². The Kier molecular flexibility index (Phi) is 8.33. The van der Waals surface area contributed by atoms with E-state index in [1.54, 1.807) is 11.0 Å². The highest BCUT2D eigenvalue weighted by molar-refractivity contribution is 5.95. The Balaban J connectivity index is 1.60. The molecule has 1 fully saturated rings. The van der Waals surface area contributed by atoms with Gasteiger partial charge in [-0.1, -0.05) is 79.9 Å². The lowest BCUT2D eigenvalue weighted by molar-refractivity contribution is -0.141. The fourth-order valence-corrected chi connectivity index (χ4v) is 4.49. The van der Waals surface area contributed by atoms with Gasteiger partial charge in [0.25, 0.3) is 5.91 Å². The molecule has 35 heavy (non-hydrogen) atoms. The first-order chi connectivity index (χ1) is 17.1. The Labute approximate surface area is 205 Å². The minimum Gasteiger partial charge on any atom is -0.459 e. The quantitative estimate of drug-likeness (QED) is 0.487. The van der Waals surface area contributed by atoms with E-state index in [9.17, 15) is 14.4 Å². The van der Waals surface area contributed by atoms with Gasteiger partial charge in [-0.2, -0.15) is 0 Å². The van der Waals surface area contributed by atoms with Crippen LogP contribution in [0.1, 0.15) is 59.8 Å². The molecule has 2 N–H and O–H groups in total. The second-order valence-corrected chi connectivity index (χ2v) is 8.82. The van der Waals surface area contributed by atoms with E-state index in [4.69, 9.17) is 4.42 Å². The summed E-state index contributed by atoms with van der Waals surface area (Å²) >= 11 is 0. The maximum Gasteiger partial charge on any atom is 0.287 e. The molecule has 7 heteroatoms. The van der Waals surface area contributed by atoms with Gasteiger partial charge >= 0.3 is 0 Å². The van der Waals surface area contributed by atoms with E-state index in [0.29, 0.717) is 0 Å². The number of nitrogens with one attached hydrogen (secondary N) is 2. The molecule has 4 rings (SSSR count). The molecule has 0 radical (unpaired) electrons. The standard InChI is InChI=1S/C28H31N3O4/c32-25(19-29-27(33)24-17-10-18-35-24)31(20-21-11-4-1-5-12-21)26(22-13-6-2-7-14-22)28(34)30-23-15-8-3-9-16-23/h1-2,4-7,10-14,17-18,23,26H,3,8-9,15-16,19-20H2,(H,29,33)(H,30,34)/t26-/m1/s1. The summed E-state index contributed by atoms with van der Waals surface area (Å²) in [4.78, 5) is 41.1. The molecule has 0 unspecified atom stereocenters. The average molecular weight is 474 g/mol. The van der Waals surface area contributed by atoms with Gasteiger partial charge in [0, 0.05) is 12.6 Å². The summed E-state index contributed by atoms with van der Waals surface area (Å²) in [6.45, 7) is -0.0274. The summed E-state index contributed by atoms with van der Waals surface area (Å²) in [5.41, 5.74) is 1.62. The molecular formula is C28H31N3O4. The third kappa shape index (κ3) is 6.59. The normalized spacial score (nSPS) is 14.6. The Bertz CT molecular complexity index is 1090. The van der Waals surface area contributed by atoms with Crippen LogP contribution in [0.15, 0.2) is 83.5 Å². The highest BCUT2D eigenvalue weighted by atomic mass is 16.3. The van der Waals surface area contributed by atoms with Crippen LogP contribution in [0, 0.1) is 0 Å². The number of carbonyl (C=O) groups excluding carboxylic acids is 3. The van der Waals surface area contributed by atoms with Crippen molar-refractivity contribution in [1.29, 1.82) is 0 Å². The van der Waals surface area contributed by atoms with Crippen molar-refractivity contribution < 1.29 is 18.8 Å². The first-order valence-electron chi connectivity index (χ1n) is 12.1. The number of hydrogen-bond donors (Lipinski definition) is 2. The first-order valence-corrected chi connectivity index (χ1v) is 12.1. The number of benzene rings is 2. The molecule has 2 aromatic carbocycles. The summed E-state index contributed by atoms with van der Waals surface area (Å²) in [6.07, 6.45) is 6.65. The fraction of sp³-hybridized carbons (Fsp3) is 0.321. The van der Waals surface area contributed by atoms with E-state index < -0.39 is 11.9 Å². The molecule has 0 saturated heterocycles. The minimum atomic E-state index is -0.827. The van der Waals surface area contributed by atoms with Gasteiger partial charge in [0.1, 0.15) is 6.04 Å². The first kappa shape index (κ1) is 24.3. The second-order valence-electron chi connectivity index (χ2n) is 8.82. The summed E-state index contributed by atoms with van der Waals surface area (Å²) < 4.78 is 5.12. The van der Waals surface area contributed by atoms with Crippen LogP contribution in [0.25, 0.3) is 0 Å². The number of rotatable bonds is 9. The number of hydrogen-bond acceptors (Lipinski definition) is 4. The molecule has 3 aromatic rings. The van der Waals surface area contributed by atoms with E-state index in [1.165, 1.54) is 18.8 Å². The van der Waals surface area contributed by atoms with Crippen LogP contribution in [-0.4, -0.2) is 35.2 Å². The molecule has 1 heterocycles. The minimum absolute atomic E-state index is 0.106. The highest BCUT2D eigenvalue weighted by Gasteiger charge is 2.33. The Morgan fingerprint density at radius 3 is 2.23 bits per heavy atom. The zero-order chi connectivity index (χ0) is 24.5. The summed E-state index contributed by atoms with van der Waals surface area (Å²) in [5.74, 6) is -0.917. The molecule has 1 aliphatic rings. The van der Waals surface area contributed by atoms with Crippen LogP contribution in [0.5, 0.6) is 0 Å². The third-order valence-electron chi connectivity index (χ3n) is 6.29. The summed E-state index contributed by atoms with van der Waals surface area (Å²) in [5, 5.41) is 5.81. The lowest BCUT2D eigenvalue weighted by Gasteiger charge is -2.33. The van der Waals surface area contributed by atoms with Gasteiger partial charge in [0.2, 0.25) is 11.8 Å². The number of carbonyl (C=O) groups is 3. The van der Waals surface area contributed by atoms with Crippen molar-refractivity contribution in [2.75, 3.05) is 6.54 Å². The molecule has 182 valence electrons. The van der Waals surface area contributed by atoms with Crippen molar-refractivity contribution in [3.05, 3.63) is 95.9 Å². The maximum atomic E-state index is 13.7. The van der Waals surface area contributed by atoms with Gasteiger partial charge in [0.05, 0.1) is 12.8 Å². The Hall–Kier alpha value is -3.87. The summed E-state index contributed by atoms with van der Waals surface area (Å²) in [7, 11) is 0. The Morgan fingerprint density at radius 2 is 1.57 bits per heavy atom. The van der Waals surface area contributed by atoms with E-state index >= 15 is 0 Å². The van der Waals surface area contributed by atoms with Gasteiger partial charge in [-0.3, -0.25) is 14.4 Å². The maximum absolute atomic E-state index is 13.7. The lowest BCUT2D eigenvalue weighted by atomic mass is 9.94. The lowest BCUT2D eigenvalue weighted by Crippen LogP contribution is -2.49. The Morgan fingerprint density at radius 1 is 0.886 bits per heavy atom. The van der Waals surface area contributed by atoms with Gasteiger partial charge in [0.15, 0.2) is 5.76 Å². The van der Waals surface area contributed by atoms with E-state index in [2.05, 4.69) is 10.6 Å². The van der Waals surface area contributed by atoms with E-state index in [1.807, 2.05) is 60.7 Å². The molecule has 1 aliphatic carbocycles.